The van der Waals surface area contributed by atoms with E-state index in [1.54, 1.807) is 0 Å². The predicted octanol–water partition coefficient (Wildman–Crippen LogP) is -2.03. The summed E-state index contributed by atoms with van der Waals surface area (Å²) in [5.41, 5.74) is 0. The smallest absolute Gasteiger partial charge is 0.321 e. The van der Waals surface area contributed by atoms with Gasteiger partial charge in [0, 0.05) is 31.6 Å². The maximum Gasteiger partial charge on any atom is 0.321 e. The van der Waals surface area contributed by atoms with E-state index in [9.17, 15) is 33.6 Å². The fourth-order valence-electron chi connectivity index (χ4n) is 2.11. The van der Waals surface area contributed by atoms with E-state index in [0.717, 1.165) is 11.2 Å². The van der Waals surface area contributed by atoms with Crippen molar-refractivity contribution in [3.05, 3.63) is 0 Å². The van der Waals surface area contributed by atoms with E-state index in [0.29, 0.717) is 18.5 Å². The molecule has 1 heterocycles. The Kier molecular flexibility index (Phi) is 9.72. The fourth-order valence-corrected chi connectivity index (χ4v) is 3.15. The van der Waals surface area contributed by atoms with Gasteiger partial charge in [0.15, 0.2) is 0 Å². The second-order valence-corrected chi connectivity index (χ2v) is 6.66. The molecule has 11 nitrogen and oxygen atoms in total. The van der Waals surface area contributed by atoms with Crippen LogP contribution in [0, 0.1) is 0 Å². The van der Waals surface area contributed by atoms with Crippen molar-refractivity contribution in [3.63, 3.8) is 0 Å². The fraction of sp³-hybridized carbons (Fsp3) is 0.533. The highest BCUT2D eigenvalue weighted by atomic mass is 32.2. The molecule has 6 amide bonds. The minimum Gasteiger partial charge on any atom is -0.347 e. The van der Waals surface area contributed by atoms with Crippen molar-refractivity contribution in [2.75, 3.05) is 25.4 Å². The highest BCUT2D eigenvalue weighted by molar-refractivity contribution is 8.00. The minimum atomic E-state index is -0.868. The SMILES string of the molecule is O=CCCSC1CC(=O)N(CCC(=O)NCC(=O)NC(=O)NCC=O)C1=O. The van der Waals surface area contributed by atoms with Crippen molar-refractivity contribution >= 4 is 54.0 Å². The lowest BCUT2D eigenvalue weighted by Crippen LogP contribution is -2.45. The van der Waals surface area contributed by atoms with Crippen LogP contribution in [0.1, 0.15) is 19.3 Å². The molecule has 0 bridgehead atoms. The van der Waals surface area contributed by atoms with E-state index >= 15 is 0 Å². The highest BCUT2D eigenvalue weighted by Crippen LogP contribution is 2.25. The average Bonchev–Trinajstić information content (AvgIpc) is 2.90. The van der Waals surface area contributed by atoms with E-state index in [2.05, 4.69) is 10.6 Å². The summed E-state index contributed by atoms with van der Waals surface area (Å²) in [7, 11) is 0. The zero-order valence-electron chi connectivity index (χ0n) is 14.4. The monoisotopic (exact) mass is 400 g/mol. The van der Waals surface area contributed by atoms with Gasteiger partial charge in [0.25, 0.3) is 0 Å². The third kappa shape index (κ3) is 7.98. The first kappa shape index (κ1) is 22.3. The highest BCUT2D eigenvalue weighted by Gasteiger charge is 2.38. The largest absolute Gasteiger partial charge is 0.347 e. The van der Waals surface area contributed by atoms with Gasteiger partial charge in [-0.05, 0) is 0 Å². The molecule has 1 fully saturated rings. The van der Waals surface area contributed by atoms with Crippen LogP contribution in [0.15, 0.2) is 0 Å². The van der Waals surface area contributed by atoms with Gasteiger partial charge in [0.2, 0.25) is 23.6 Å². The van der Waals surface area contributed by atoms with E-state index in [1.807, 2.05) is 5.32 Å². The van der Waals surface area contributed by atoms with Gasteiger partial charge >= 0.3 is 6.03 Å². The summed E-state index contributed by atoms with van der Waals surface area (Å²) < 4.78 is 0. The summed E-state index contributed by atoms with van der Waals surface area (Å²) in [6.45, 7) is -0.840. The molecule has 0 aromatic carbocycles. The van der Waals surface area contributed by atoms with Crippen LogP contribution in [0.5, 0.6) is 0 Å². The van der Waals surface area contributed by atoms with Gasteiger partial charge in [-0.1, -0.05) is 0 Å². The van der Waals surface area contributed by atoms with E-state index < -0.39 is 35.5 Å². The van der Waals surface area contributed by atoms with Gasteiger partial charge in [-0.3, -0.25) is 29.4 Å². The van der Waals surface area contributed by atoms with Gasteiger partial charge in [-0.2, -0.15) is 0 Å². The molecule has 12 heteroatoms. The van der Waals surface area contributed by atoms with Gasteiger partial charge in [-0.25, -0.2) is 4.79 Å². The summed E-state index contributed by atoms with van der Waals surface area (Å²) in [6, 6.07) is -0.868. The number of urea groups is 1. The summed E-state index contributed by atoms with van der Waals surface area (Å²) in [4.78, 5) is 79.7. The molecular weight excluding hydrogens is 380 g/mol. The first-order valence-corrected chi connectivity index (χ1v) is 9.11. The first-order chi connectivity index (χ1) is 12.9. The topological polar surface area (TPSA) is 159 Å². The standard InChI is InChI=1S/C15H20N4O7S/c20-5-1-7-27-10-8-13(24)19(14(10)25)4-2-11(22)17-9-12(23)18-15(26)16-3-6-21/h5-6,10H,1-4,7-9H2,(H,17,22)(H2,16,18,23,26). The first-order valence-electron chi connectivity index (χ1n) is 8.06. The Morgan fingerprint density at radius 1 is 1.11 bits per heavy atom. The molecule has 1 atom stereocenters. The lowest BCUT2D eigenvalue weighted by Gasteiger charge is -2.14. The third-order valence-electron chi connectivity index (χ3n) is 3.36. The van der Waals surface area contributed by atoms with Crippen molar-refractivity contribution in [1.29, 1.82) is 0 Å². The molecule has 1 unspecified atom stereocenters. The van der Waals surface area contributed by atoms with Crippen molar-refractivity contribution in [1.82, 2.24) is 20.9 Å². The Morgan fingerprint density at radius 2 is 1.85 bits per heavy atom. The Morgan fingerprint density at radius 3 is 2.52 bits per heavy atom. The molecule has 0 saturated carbocycles. The second-order valence-electron chi connectivity index (χ2n) is 5.35. The van der Waals surface area contributed by atoms with Crippen LogP contribution in [-0.4, -0.2) is 77.8 Å². The molecule has 0 aliphatic carbocycles. The lowest BCUT2D eigenvalue weighted by atomic mass is 10.3. The van der Waals surface area contributed by atoms with Crippen molar-refractivity contribution in [2.45, 2.75) is 24.5 Å². The van der Waals surface area contributed by atoms with E-state index in [1.165, 1.54) is 11.8 Å². The summed E-state index contributed by atoms with van der Waals surface area (Å²) in [5.74, 6) is -1.70. The lowest BCUT2D eigenvalue weighted by molar-refractivity contribution is -0.138. The minimum absolute atomic E-state index is 0.0300. The van der Waals surface area contributed by atoms with Crippen LogP contribution >= 0.6 is 11.8 Å². The maximum absolute atomic E-state index is 12.1. The number of carbonyl (C=O) groups excluding carboxylic acids is 7. The van der Waals surface area contributed by atoms with Crippen LogP contribution in [0.2, 0.25) is 0 Å². The van der Waals surface area contributed by atoms with E-state index in [-0.39, 0.29) is 31.8 Å². The molecule has 148 valence electrons. The molecule has 0 aromatic heterocycles. The molecule has 1 rings (SSSR count). The van der Waals surface area contributed by atoms with Crippen molar-refractivity contribution < 1.29 is 33.6 Å². The quantitative estimate of drug-likeness (QED) is 0.203. The zero-order chi connectivity index (χ0) is 20.2. The molecule has 27 heavy (non-hydrogen) atoms. The van der Waals surface area contributed by atoms with Crippen LogP contribution in [-0.2, 0) is 28.8 Å². The molecule has 0 spiro atoms. The second kappa shape index (κ2) is 11.8. The number of amides is 6. The van der Waals surface area contributed by atoms with Gasteiger partial charge in [0.05, 0.1) is 18.3 Å². The zero-order valence-corrected chi connectivity index (χ0v) is 15.2. The number of nitrogens with one attached hydrogen (secondary N) is 3. The van der Waals surface area contributed by atoms with Gasteiger partial charge < -0.3 is 20.2 Å². The van der Waals surface area contributed by atoms with Gasteiger partial charge in [-0.15, -0.1) is 11.8 Å². The van der Waals surface area contributed by atoms with Crippen LogP contribution in [0.4, 0.5) is 4.79 Å². The third-order valence-corrected chi connectivity index (χ3v) is 4.61. The van der Waals surface area contributed by atoms with Crippen LogP contribution in [0.25, 0.3) is 0 Å². The number of thioether (sulfide) groups is 1. The average molecular weight is 400 g/mol. The molecule has 0 aromatic rings. The van der Waals surface area contributed by atoms with Crippen molar-refractivity contribution in [3.8, 4) is 0 Å². The maximum atomic E-state index is 12.1. The number of hydrogen-bond acceptors (Lipinski definition) is 8. The normalized spacial score (nSPS) is 16.0. The van der Waals surface area contributed by atoms with Gasteiger partial charge in [0.1, 0.15) is 12.6 Å². The summed E-state index contributed by atoms with van der Waals surface area (Å²) in [5, 5.41) is 5.70. The predicted molar refractivity (Wildman–Crippen MR) is 93.5 cm³/mol. The molecule has 0 radical (unpaired) electrons. The number of imide groups is 2. The van der Waals surface area contributed by atoms with Crippen LogP contribution in [0.3, 0.4) is 0 Å². The van der Waals surface area contributed by atoms with Crippen LogP contribution < -0.4 is 16.0 Å². The Balaban J connectivity index is 2.31. The molecule has 1 aliphatic rings. The van der Waals surface area contributed by atoms with Crippen molar-refractivity contribution in [2.24, 2.45) is 0 Å². The summed E-state index contributed by atoms with van der Waals surface area (Å²) >= 11 is 1.23. The van der Waals surface area contributed by atoms with E-state index in [4.69, 9.17) is 0 Å². The molecular formula is C15H20N4O7S. The Hall–Kier alpha value is -2.76. The number of aldehydes is 2. The Bertz CT molecular complexity index is 625. The number of rotatable bonds is 11. The number of nitrogens with zero attached hydrogens (tertiary/aromatic N) is 1. The number of likely N-dealkylation sites (tertiary alicyclic amines) is 1. The number of carbonyl (C=O) groups is 7. The molecule has 1 saturated heterocycles. The number of hydrogen-bond donors (Lipinski definition) is 3. The molecule has 3 N–H and O–H groups in total. The Labute approximate surface area is 159 Å². The molecule has 1 aliphatic heterocycles. The summed E-state index contributed by atoms with van der Waals surface area (Å²) in [6.07, 6.45) is 1.31.